The number of fused-ring (bicyclic) bond motifs is 1. The number of nitrogens with one attached hydrogen (secondary N) is 1. The van der Waals surface area contributed by atoms with E-state index in [4.69, 9.17) is 4.74 Å². The molecule has 2 N–H and O–H groups in total. The number of benzene rings is 2. The van der Waals surface area contributed by atoms with Crippen LogP contribution in [-0.4, -0.2) is 34.4 Å². The molecule has 8 heteroatoms. The summed E-state index contributed by atoms with van der Waals surface area (Å²) in [5.74, 6) is -0.946. The molecule has 0 atom stereocenters. The summed E-state index contributed by atoms with van der Waals surface area (Å²) in [5, 5.41) is 16.7. The summed E-state index contributed by atoms with van der Waals surface area (Å²) >= 11 is 1.65. The molecule has 1 aliphatic carbocycles. The fourth-order valence-electron chi connectivity index (χ4n) is 5.38. The van der Waals surface area contributed by atoms with Gasteiger partial charge in [-0.25, -0.2) is 10.2 Å². The van der Waals surface area contributed by atoms with Crippen molar-refractivity contribution >= 4 is 29.4 Å². The van der Waals surface area contributed by atoms with Gasteiger partial charge in [-0.05, 0) is 69.2 Å². The van der Waals surface area contributed by atoms with Crippen molar-refractivity contribution in [3.8, 4) is 5.00 Å². The highest BCUT2D eigenvalue weighted by molar-refractivity contribution is 7.15. The Morgan fingerprint density at radius 1 is 1.05 bits per heavy atom. The second kappa shape index (κ2) is 11.6. The Morgan fingerprint density at radius 3 is 2.30 bits per heavy atom. The van der Waals surface area contributed by atoms with E-state index in [1.165, 1.54) is 4.88 Å². The van der Waals surface area contributed by atoms with E-state index in [2.05, 4.69) is 15.1 Å². The molecule has 0 saturated heterocycles. The second-order valence-corrected chi connectivity index (χ2v) is 11.0. The van der Waals surface area contributed by atoms with E-state index in [1.54, 1.807) is 66.1 Å². The molecule has 4 aromatic rings. The maximum atomic E-state index is 13.4. The van der Waals surface area contributed by atoms with Crippen LogP contribution in [0.15, 0.2) is 71.8 Å². The molecule has 1 amide bonds. The molecule has 2 heterocycles. The van der Waals surface area contributed by atoms with Crippen molar-refractivity contribution < 1.29 is 19.4 Å². The Kier molecular flexibility index (Phi) is 8.00. The minimum absolute atomic E-state index is 0.284. The zero-order valence-corrected chi connectivity index (χ0v) is 23.8. The number of thiophene rings is 1. The molecule has 0 spiro atoms. The van der Waals surface area contributed by atoms with Crippen molar-refractivity contribution in [3.63, 3.8) is 0 Å². The van der Waals surface area contributed by atoms with Crippen LogP contribution in [0.25, 0.3) is 5.00 Å². The number of ether oxygens (including phenoxy) is 1. The third kappa shape index (κ3) is 5.00. The zero-order chi connectivity index (χ0) is 28.3. The molecule has 0 aliphatic heterocycles. The first-order chi connectivity index (χ1) is 19.4. The first-order valence-electron chi connectivity index (χ1n) is 13.5. The van der Waals surface area contributed by atoms with Crippen LogP contribution in [0.1, 0.15) is 68.6 Å². The molecular formula is C32H33N3O4S. The highest BCUT2D eigenvalue weighted by Crippen LogP contribution is 2.39. The Balaban J connectivity index is 1.46. The molecule has 0 saturated carbocycles. The number of aliphatic hydroxyl groups is 1. The summed E-state index contributed by atoms with van der Waals surface area (Å²) in [6.45, 7) is 6.10. The summed E-state index contributed by atoms with van der Waals surface area (Å²) < 4.78 is 7.53. The van der Waals surface area contributed by atoms with Gasteiger partial charge < -0.3 is 14.4 Å². The molecule has 40 heavy (non-hydrogen) atoms. The molecule has 0 unspecified atom stereocenters. The number of aryl methyl sites for hydroxylation is 2. The Hall–Kier alpha value is -4.01. The summed E-state index contributed by atoms with van der Waals surface area (Å²) in [4.78, 5) is 27.7. The van der Waals surface area contributed by atoms with Gasteiger partial charge in [0, 0.05) is 21.8 Å². The lowest BCUT2D eigenvalue weighted by molar-refractivity contribution is -0.136. The Bertz CT molecular complexity index is 1510. The van der Waals surface area contributed by atoms with Gasteiger partial charge in [0.2, 0.25) is 0 Å². The fourth-order valence-corrected chi connectivity index (χ4v) is 6.87. The number of amides is 1. The number of nitrogens with zero attached hydrogens (tertiary/aromatic N) is 2. The summed E-state index contributed by atoms with van der Waals surface area (Å²) in [6.07, 6.45) is 5.61. The molecule has 206 valence electrons. The topological polar surface area (TPSA) is 92.9 Å². The van der Waals surface area contributed by atoms with Crippen molar-refractivity contribution in [1.29, 1.82) is 0 Å². The van der Waals surface area contributed by atoms with Crippen LogP contribution in [0.5, 0.6) is 0 Å². The van der Waals surface area contributed by atoms with Crippen LogP contribution in [0.2, 0.25) is 0 Å². The van der Waals surface area contributed by atoms with Gasteiger partial charge in [-0.3, -0.25) is 4.79 Å². The van der Waals surface area contributed by atoms with Crippen LogP contribution >= 0.6 is 11.3 Å². The van der Waals surface area contributed by atoms with Gasteiger partial charge in [0.25, 0.3) is 5.91 Å². The zero-order valence-electron chi connectivity index (χ0n) is 22.9. The molecule has 0 bridgehead atoms. The van der Waals surface area contributed by atoms with Crippen molar-refractivity contribution in [2.75, 3.05) is 6.61 Å². The average Bonchev–Trinajstić information content (AvgIpc) is 3.49. The van der Waals surface area contributed by atoms with Gasteiger partial charge in [0.05, 0.1) is 18.4 Å². The van der Waals surface area contributed by atoms with E-state index >= 15 is 0 Å². The lowest BCUT2D eigenvalue weighted by Gasteiger charge is -2.27. The average molecular weight is 556 g/mol. The summed E-state index contributed by atoms with van der Waals surface area (Å²) in [5.41, 5.74) is 5.93. The highest BCUT2D eigenvalue weighted by Gasteiger charge is 2.40. The molecule has 0 fully saturated rings. The first-order valence-corrected chi connectivity index (χ1v) is 14.4. The number of carbonyl (C=O) groups is 2. The maximum Gasteiger partial charge on any atom is 0.341 e. The van der Waals surface area contributed by atoms with Crippen LogP contribution in [0, 0.1) is 13.8 Å². The van der Waals surface area contributed by atoms with Crippen molar-refractivity contribution in [1.82, 2.24) is 9.99 Å². The molecule has 2 aromatic carbocycles. The number of hydrazone groups is 1. The van der Waals surface area contributed by atoms with Crippen molar-refractivity contribution in [2.24, 2.45) is 5.10 Å². The standard InChI is InChI=1S/C32H33N3O4S/c1-4-39-30(36)28-26-17-11-12-18-27(26)40-29(28)35-21(2)19-23(22(35)3)20-33-34-31(37)32(38,24-13-7-5-8-14-24)25-15-9-6-10-16-25/h5-10,13-16,19-20,38H,4,11-12,17-18H2,1-3H3,(H,34,37)/b33-20-. The third-order valence-corrected chi connectivity index (χ3v) is 8.66. The number of carbonyl (C=O) groups excluding carboxylic acids is 2. The molecule has 2 aromatic heterocycles. The van der Waals surface area contributed by atoms with Gasteiger partial charge in [-0.2, -0.15) is 5.10 Å². The molecule has 7 nitrogen and oxygen atoms in total. The van der Waals surface area contributed by atoms with E-state index in [-0.39, 0.29) is 5.97 Å². The van der Waals surface area contributed by atoms with Gasteiger partial charge in [0.15, 0.2) is 5.60 Å². The van der Waals surface area contributed by atoms with E-state index in [9.17, 15) is 14.7 Å². The number of rotatable bonds is 8. The first kappa shape index (κ1) is 27.6. The highest BCUT2D eigenvalue weighted by atomic mass is 32.1. The lowest BCUT2D eigenvalue weighted by Crippen LogP contribution is -2.43. The largest absolute Gasteiger partial charge is 0.462 e. The van der Waals surface area contributed by atoms with Crippen LogP contribution in [0.4, 0.5) is 0 Å². The number of aromatic nitrogens is 1. The van der Waals surface area contributed by atoms with Gasteiger partial charge in [-0.15, -0.1) is 11.3 Å². The van der Waals surface area contributed by atoms with Crippen molar-refractivity contribution in [2.45, 2.75) is 52.1 Å². The molecule has 5 rings (SSSR count). The third-order valence-electron chi connectivity index (χ3n) is 7.39. The van der Waals surface area contributed by atoms with Crippen molar-refractivity contribution in [3.05, 3.63) is 111 Å². The molecular weight excluding hydrogens is 522 g/mol. The lowest BCUT2D eigenvalue weighted by atomic mass is 9.85. The minimum Gasteiger partial charge on any atom is -0.462 e. The van der Waals surface area contributed by atoms with Gasteiger partial charge in [-0.1, -0.05) is 60.7 Å². The van der Waals surface area contributed by atoms with Gasteiger partial charge >= 0.3 is 5.97 Å². The van der Waals surface area contributed by atoms with Gasteiger partial charge in [0.1, 0.15) is 5.00 Å². The summed E-state index contributed by atoms with van der Waals surface area (Å²) in [7, 11) is 0. The van der Waals surface area contributed by atoms with Crippen LogP contribution in [-0.2, 0) is 28.0 Å². The maximum absolute atomic E-state index is 13.4. The summed E-state index contributed by atoms with van der Waals surface area (Å²) in [6, 6.07) is 19.6. The van der Waals surface area contributed by atoms with E-state index in [0.29, 0.717) is 23.3 Å². The van der Waals surface area contributed by atoms with Crippen LogP contribution in [0.3, 0.4) is 0 Å². The predicted molar refractivity (Wildman–Crippen MR) is 157 cm³/mol. The SMILES string of the molecule is CCOC(=O)c1c(-n2c(C)cc(/C=N\NC(=O)C(O)(c3ccccc3)c3ccccc3)c2C)sc2c1CCCC2. The molecule has 1 aliphatic rings. The number of hydrogen-bond donors (Lipinski definition) is 2. The Labute approximate surface area is 238 Å². The smallest absolute Gasteiger partial charge is 0.341 e. The quantitative estimate of drug-likeness (QED) is 0.168. The predicted octanol–water partition coefficient (Wildman–Crippen LogP) is 5.60. The number of esters is 1. The monoisotopic (exact) mass is 555 g/mol. The number of hydrogen-bond acceptors (Lipinski definition) is 6. The second-order valence-electron chi connectivity index (χ2n) is 9.91. The van der Waals surface area contributed by atoms with Crippen LogP contribution < -0.4 is 5.43 Å². The normalized spacial score (nSPS) is 13.3. The van der Waals surface area contributed by atoms with E-state index in [0.717, 1.165) is 53.2 Å². The minimum atomic E-state index is -1.92. The van der Waals surface area contributed by atoms with E-state index < -0.39 is 11.5 Å². The Morgan fingerprint density at radius 2 is 1.68 bits per heavy atom. The fraction of sp³-hybridized carbons (Fsp3) is 0.281. The van der Waals surface area contributed by atoms with E-state index in [1.807, 2.05) is 39.0 Å². The molecule has 0 radical (unpaired) electrons.